The molecule has 0 aromatic heterocycles. The Bertz CT molecular complexity index is 368. The van der Waals surface area contributed by atoms with Gasteiger partial charge < -0.3 is 5.32 Å². The number of hydrogen-bond donors (Lipinski definition) is 1. The Hall–Kier alpha value is -0.960. The first-order valence-electron chi connectivity index (χ1n) is 6.24. The molecule has 0 radical (unpaired) electrons. The molecule has 1 N–H and O–H groups in total. The van der Waals surface area contributed by atoms with E-state index in [0.717, 1.165) is 10.8 Å². The largest absolute Gasteiger partial charge is 0.352 e. The van der Waals surface area contributed by atoms with Crippen molar-refractivity contribution in [1.82, 2.24) is 5.32 Å². The fraction of sp³-hybridized carbons (Fsp3) is 0.500. The van der Waals surface area contributed by atoms with Gasteiger partial charge in [0.2, 0.25) is 5.91 Å². The highest BCUT2D eigenvalue weighted by Gasteiger charge is 2.15. The molecule has 1 aromatic carbocycles. The van der Waals surface area contributed by atoms with E-state index in [0.29, 0.717) is 6.54 Å². The van der Waals surface area contributed by atoms with Gasteiger partial charge in [0.05, 0.1) is 0 Å². The van der Waals surface area contributed by atoms with Gasteiger partial charge in [0.25, 0.3) is 0 Å². The van der Waals surface area contributed by atoms with Crippen molar-refractivity contribution in [2.24, 2.45) is 0 Å². The van der Waals surface area contributed by atoms with E-state index in [1.54, 1.807) is 6.92 Å². The monoisotopic (exact) mass is 249 g/mol. The maximum atomic E-state index is 10.8. The summed E-state index contributed by atoms with van der Waals surface area (Å²) in [6, 6.07) is 8.54. The lowest BCUT2D eigenvalue weighted by Crippen LogP contribution is -2.18. The van der Waals surface area contributed by atoms with Crippen molar-refractivity contribution >= 4 is 17.7 Å². The molecule has 1 aromatic rings. The molecule has 3 heteroatoms. The highest BCUT2D eigenvalue weighted by atomic mass is 32.2. The van der Waals surface area contributed by atoms with Crippen molar-refractivity contribution in [2.75, 3.05) is 0 Å². The number of carbonyl (C=O) groups is 1. The molecule has 0 saturated heterocycles. The number of rotatable bonds is 4. The molecule has 0 unspecified atom stereocenters. The summed E-state index contributed by atoms with van der Waals surface area (Å²) in [4.78, 5) is 12.1. The first-order valence-corrected chi connectivity index (χ1v) is 7.12. The number of hydrogen-bond acceptors (Lipinski definition) is 2. The van der Waals surface area contributed by atoms with Crippen LogP contribution in [0.5, 0.6) is 0 Å². The van der Waals surface area contributed by atoms with Gasteiger partial charge in [-0.05, 0) is 30.5 Å². The van der Waals surface area contributed by atoms with Crippen molar-refractivity contribution in [2.45, 2.75) is 49.3 Å². The lowest BCUT2D eigenvalue weighted by atomic mass is 10.2. The number of carbonyl (C=O) groups excluding carboxylic acids is 1. The van der Waals surface area contributed by atoms with Gasteiger partial charge in [0, 0.05) is 23.6 Å². The first kappa shape index (κ1) is 12.5. The summed E-state index contributed by atoms with van der Waals surface area (Å²) in [5.41, 5.74) is 1.16. The fourth-order valence-corrected chi connectivity index (χ4v) is 3.36. The zero-order chi connectivity index (χ0) is 12.1. The van der Waals surface area contributed by atoms with Crippen LogP contribution in [0.4, 0.5) is 0 Å². The van der Waals surface area contributed by atoms with Crippen LogP contribution in [-0.2, 0) is 11.3 Å². The van der Waals surface area contributed by atoms with Crippen LogP contribution in [-0.4, -0.2) is 11.2 Å². The first-order chi connectivity index (χ1) is 8.24. The predicted molar refractivity (Wildman–Crippen MR) is 72.1 cm³/mol. The highest BCUT2D eigenvalue weighted by Crippen LogP contribution is 2.34. The van der Waals surface area contributed by atoms with Crippen LogP contribution in [0.2, 0.25) is 0 Å². The third kappa shape index (κ3) is 4.08. The molecular weight excluding hydrogens is 230 g/mol. The molecule has 0 spiro atoms. The Labute approximate surface area is 107 Å². The molecule has 0 aliphatic heterocycles. The van der Waals surface area contributed by atoms with E-state index in [1.165, 1.54) is 30.6 Å². The number of amides is 1. The number of benzene rings is 1. The molecule has 0 heterocycles. The van der Waals surface area contributed by atoms with Crippen molar-refractivity contribution in [3.63, 3.8) is 0 Å². The summed E-state index contributed by atoms with van der Waals surface area (Å²) in [7, 11) is 0. The molecule has 0 atom stereocenters. The summed E-state index contributed by atoms with van der Waals surface area (Å²) in [5, 5.41) is 3.62. The van der Waals surface area contributed by atoms with Crippen LogP contribution in [0.1, 0.15) is 38.2 Å². The average Bonchev–Trinajstić information content (AvgIpc) is 2.81. The maximum absolute atomic E-state index is 10.8. The smallest absolute Gasteiger partial charge is 0.217 e. The van der Waals surface area contributed by atoms with E-state index in [4.69, 9.17) is 0 Å². The van der Waals surface area contributed by atoms with Gasteiger partial charge in [-0.15, -0.1) is 11.8 Å². The topological polar surface area (TPSA) is 29.1 Å². The minimum Gasteiger partial charge on any atom is -0.352 e. The molecule has 1 saturated carbocycles. The predicted octanol–water partition coefficient (Wildman–Crippen LogP) is 3.36. The molecule has 1 aliphatic rings. The highest BCUT2D eigenvalue weighted by molar-refractivity contribution is 8.00. The molecular formula is C14H19NOS. The second kappa shape index (κ2) is 6.10. The van der Waals surface area contributed by atoms with Crippen LogP contribution >= 0.6 is 11.8 Å². The molecule has 1 fully saturated rings. The molecule has 17 heavy (non-hydrogen) atoms. The van der Waals surface area contributed by atoms with E-state index in [9.17, 15) is 4.79 Å². The van der Waals surface area contributed by atoms with Crippen LogP contribution in [0.15, 0.2) is 29.2 Å². The van der Waals surface area contributed by atoms with Crippen molar-refractivity contribution in [3.8, 4) is 0 Å². The van der Waals surface area contributed by atoms with Crippen molar-refractivity contribution < 1.29 is 4.79 Å². The molecule has 2 rings (SSSR count). The van der Waals surface area contributed by atoms with E-state index in [1.807, 2.05) is 11.8 Å². The Morgan fingerprint density at radius 1 is 1.29 bits per heavy atom. The molecule has 1 aliphatic carbocycles. The van der Waals surface area contributed by atoms with Crippen LogP contribution in [0.25, 0.3) is 0 Å². The van der Waals surface area contributed by atoms with Crippen molar-refractivity contribution in [3.05, 3.63) is 29.8 Å². The summed E-state index contributed by atoms with van der Waals surface area (Å²) in [6.45, 7) is 2.17. The van der Waals surface area contributed by atoms with Gasteiger partial charge in [-0.1, -0.05) is 25.0 Å². The van der Waals surface area contributed by atoms with E-state index in [2.05, 4.69) is 29.6 Å². The summed E-state index contributed by atoms with van der Waals surface area (Å²) >= 11 is 2.00. The summed E-state index contributed by atoms with van der Waals surface area (Å²) < 4.78 is 0. The van der Waals surface area contributed by atoms with Gasteiger partial charge in [-0.25, -0.2) is 0 Å². The van der Waals surface area contributed by atoms with Gasteiger partial charge >= 0.3 is 0 Å². The Morgan fingerprint density at radius 3 is 2.53 bits per heavy atom. The minimum atomic E-state index is 0.0226. The van der Waals surface area contributed by atoms with Crippen LogP contribution in [0, 0.1) is 0 Å². The zero-order valence-electron chi connectivity index (χ0n) is 10.2. The Kier molecular flexibility index (Phi) is 4.49. The molecule has 0 bridgehead atoms. The standard InChI is InChI=1S/C14H19NOS/c1-11(16)15-10-12-6-8-14(9-7-12)17-13-4-2-3-5-13/h6-9,13H,2-5,10H2,1H3,(H,15,16). The van der Waals surface area contributed by atoms with Gasteiger partial charge in [-0.2, -0.15) is 0 Å². The van der Waals surface area contributed by atoms with E-state index >= 15 is 0 Å². The van der Waals surface area contributed by atoms with Crippen LogP contribution < -0.4 is 5.32 Å². The minimum absolute atomic E-state index is 0.0226. The van der Waals surface area contributed by atoms with E-state index < -0.39 is 0 Å². The van der Waals surface area contributed by atoms with Crippen molar-refractivity contribution in [1.29, 1.82) is 0 Å². The number of nitrogens with one attached hydrogen (secondary N) is 1. The maximum Gasteiger partial charge on any atom is 0.217 e. The average molecular weight is 249 g/mol. The van der Waals surface area contributed by atoms with E-state index in [-0.39, 0.29) is 5.91 Å². The second-order valence-electron chi connectivity index (χ2n) is 4.58. The Morgan fingerprint density at radius 2 is 1.94 bits per heavy atom. The summed E-state index contributed by atoms with van der Waals surface area (Å²) in [5.74, 6) is 0.0226. The fourth-order valence-electron chi connectivity index (χ4n) is 2.11. The third-order valence-corrected chi connectivity index (χ3v) is 4.42. The quantitative estimate of drug-likeness (QED) is 0.886. The number of thioether (sulfide) groups is 1. The molecule has 2 nitrogen and oxygen atoms in total. The summed E-state index contributed by atoms with van der Waals surface area (Å²) in [6.07, 6.45) is 5.49. The van der Waals surface area contributed by atoms with Crippen LogP contribution in [0.3, 0.4) is 0 Å². The van der Waals surface area contributed by atoms with Gasteiger partial charge in [0.15, 0.2) is 0 Å². The molecule has 92 valence electrons. The Balaban J connectivity index is 1.86. The lowest BCUT2D eigenvalue weighted by molar-refractivity contribution is -0.119. The van der Waals surface area contributed by atoms with Gasteiger partial charge in [0.1, 0.15) is 0 Å². The van der Waals surface area contributed by atoms with Gasteiger partial charge in [-0.3, -0.25) is 4.79 Å². The lowest BCUT2D eigenvalue weighted by Gasteiger charge is -2.09. The normalized spacial score (nSPS) is 16.1. The molecule has 1 amide bonds. The SMILES string of the molecule is CC(=O)NCc1ccc(SC2CCCC2)cc1. The third-order valence-electron chi connectivity index (χ3n) is 3.07. The zero-order valence-corrected chi connectivity index (χ0v) is 11.1. The second-order valence-corrected chi connectivity index (χ2v) is 5.95.